The Labute approximate surface area is 180 Å². The summed E-state index contributed by atoms with van der Waals surface area (Å²) in [4.78, 5) is 15.3. The quantitative estimate of drug-likeness (QED) is 0.582. The van der Waals surface area contributed by atoms with E-state index in [2.05, 4.69) is 34.6 Å². The Morgan fingerprint density at radius 2 is 1.90 bits per heavy atom. The third-order valence-electron chi connectivity index (χ3n) is 6.22. The van der Waals surface area contributed by atoms with Crippen molar-refractivity contribution in [3.05, 3.63) is 47.8 Å². The molecule has 0 N–H and O–H groups in total. The van der Waals surface area contributed by atoms with E-state index in [1.807, 2.05) is 44.2 Å². The Morgan fingerprint density at radius 1 is 1.20 bits per heavy atom. The molecule has 1 saturated heterocycles. The number of hydrogen-bond donors (Lipinski definition) is 0. The maximum atomic E-state index is 12.9. The first-order chi connectivity index (χ1) is 14.4. The molecule has 0 radical (unpaired) electrons. The Bertz CT molecular complexity index is 810. The van der Waals surface area contributed by atoms with Crippen LogP contribution in [-0.4, -0.2) is 53.0 Å². The number of hydrogen-bond acceptors (Lipinski definition) is 5. The highest BCUT2D eigenvalue weighted by Crippen LogP contribution is 2.37. The molecule has 1 aliphatic heterocycles. The summed E-state index contributed by atoms with van der Waals surface area (Å²) < 4.78 is 13.5. The highest BCUT2D eigenvalue weighted by molar-refractivity contribution is 5.77. The van der Waals surface area contributed by atoms with E-state index in [1.165, 1.54) is 5.69 Å². The van der Waals surface area contributed by atoms with Crippen LogP contribution in [0.2, 0.25) is 0 Å². The summed E-state index contributed by atoms with van der Waals surface area (Å²) in [5.41, 5.74) is 1.78. The van der Waals surface area contributed by atoms with Crippen molar-refractivity contribution >= 4 is 5.97 Å². The van der Waals surface area contributed by atoms with Gasteiger partial charge in [0.05, 0.1) is 30.9 Å². The molecule has 1 aliphatic rings. The molecule has 1 fully saturated rings. The molecule has 30 heavy (non-hydrogen) atoms. The number of nitrogens with zero attached hydrogens (tertiary/aromatic N) is 3. The van der Waals surface area contributed by atoms with E-state index >= 15 is 0 Å². The van der Waals surface area contributed by atoms with E-state index in [4.69, 9.17) is 9.47 Å². The van der Waals surface area contributed by atoms with Crippen LogP contribution in [-0.2, 0) is 16.1 Å². The number of carbonyl (C=O) groups excluding carboxylic acids is 1. The van der Waals surface area contributed by atoms with Gasteiger partial charge in [-0.3, -0.25) is 14.4 Å². The number of carbonyl (C=O) groups is 1. The second-order valence-electron chi connectivity index (χ2n) is 8.41. The lowest BCUT2D eigenvalue weighted by atomic mass is 9.75. The van der Waals surface area contributed by atoms with Crippen LogP contribution in [0.15, 0.2) is 36.4 Å². The number of aromatic nitrogens is 2. The van der Waals surface area contributed by atoms with Gasteiger partial charge in [0.25, 0.3) is 0 Å². The van der Waals surface area contributed by atoms with Crippen molar-refractivity contribution in [2.45, 2.75) is 59.5 Å². The molecule has 1 aromatic heterocycles. The third kappa shape index (κ3) is 5.42. The fraction of sp³-hybridized carbons (Fsp3) is 0.583. The number of esters is 1. The highest BCUT2D eigenvalue weighted by Gasteiger charge is 2.43. The van der Waals surface area contributed by atoms with Crippen molar-refractivity contribution in [3.63, 3.8) is 0 Å². The van der Waals surface area contributed by atoms with Crippen LogP contribution in [0.3, 0.4) is 0 Å². The van der Waals surface area contributed by atoms with Crippen LogP contribution in [0.25, 0.3) is 0 Å². The Hall–Kier alpha value is -2.34. The van der Waals surface area contributed by atoms with E-state index < -0.39 is 5.41 Å². The molecule has 0 aliphatic carbocycles. The summed E-state index contributed by atoms with van der Waals surface area (Å²) in [6.45, 7) is 11.8. The molecule has 1 atom stereocenters. The van der Waals surface area contributed by atoms with Gasteiger partial charge in [0.15, 0.2) is 0 Å². The van der Waals surface area contributed by atoms with Crippen LogP contribution in [0.1, 0.15) is 44.5 Å². The molecule has 6 heteroatoms. The van der Waals surface area contributed by atoms with Crippen LogP contribution in [0.5, 0.6) is 5.75 Å². The van der Waals surface area contributed by atoms with Crippen LogP contribution >= 0.6 is 0 Å². The zero-order chi connectivity index (χ0) is 21.6. The van der Waals surface area contributed by atoms with Crippen molar-refractivity contribution in [2.75, 3.05) is 26.3 Å². The van der Waals surface area contributed by atoms with E-state index in [0.29, 0.717) is 25.7 Å². The maximum Gasteiger partial charge on any atom is 0.312 e. The first-order valence-electron chi connectivity index (χ1n) is 11.0. The van der Waals surface area contributed by atoms with Gasteiger partial charge in [0, 0.05) is 11.7 Å². The van der Waals surface area contributed by atoms with Crippen LogP contribution in [0.4, 0.5) is 0 Å². The first-order valence-corrected chi connectivity index (χ1v) is 11.0. The van der Waals surface area contributed by atoms with E-state index in [9.17, 15) is 4.79 Å². The van der Waals surface area contributed by atoms with Crippen molar-refractivity contribution in [2.24, 2.45) is 5.41 Å². The maximum absolute atomic E-state index is 12.9. The number of para-hydroxylation sites is 1. The largest absolute Gasteiger partial charge is 0.494 e. The number of aryl methyl sites for hydroxylation is 2. The molecule has 2 aromatic rings. The molecule has 6 nitrogen and oxygen atoms in total. The fourth-order valence-corrected chi connectivity index (χ4v) is 4.34. The number of likely N-dealkylation sites (tertiary alicyclic amines) is 1. The number of rotatable bonds is 9. The standard InChI is InChI=1S/C24H35N3O3/c1-5-29-23(28)24(13-16-30-22-9-7-6-8-10-22)11-14-26(15-12-24)21(4)18-27-20(3)17-19(2)25-27/h6-10,17,21H,5,11-16,18H2,1-4H3/t21-/m1/s1. The zero-order valence-corrected chi connectivity index (χ0v) is 18.8. The van der Waals surface area contributed by atoms with Gasteiger partial charge in [-0.15, -0.1) is 0 Å². The topological polar surface area (TPSA) is 56.6 Å². The van der Waals surface area contributed by atoms with E-state index in [-0.39, 0.29) is 5.97 Å². The summed E-state index contributed by atoms with van der Waals surface area (Å²) in [5.74, 6) is 0.764. The fourth-order valence-electron chi connectivity index (χ4n) is 4.34. The number of ether oxygens (including phenoxy) is 2. The molecule has 0 saturated carbocycles. The normalized spacial score (nSPS) is 17.5. The van der Waals surface area contributed by atoms with Crippen LogP contribution in [0, 0.1) is 19.3 Å². The van der Waals surface area contributed by atoms with Gasteiger partial charge in [0.2, 0.25) is 0 Å². The zero-order valence-electron chi connectivity index (χ0n) is 18.8. The highest BCUT2D eigenvalue weighted by atomic mass is 16.5. The van der Waals surface area contributed by atoms with Gasteiger partial charge < -0.3 is 9.47 Å². The van der Waals surface area contributed by atoms with Crippen molar-refractivity contribution in [3.8, 4) is 5.75 Å². The van der Waals surface area contributed by atoms with Gasteiger partial charge in [-0.1, -0.05) is 18.2 Å². The lowest BCUT2D eigenvalue weighted by Crippen LogP contribution is -2.49. The Kier molecular flexibility index (Phi) is 7.53. The lowest BCUT2D eigenvalue weighted by molar-refractivity contribution is -0.160. The van der Waals surface area contributed by atoms with Crippen molar-refractivity contribution < 1.29 is 14.3 Å². The molecule has 0 unspecified atom stereocenters. The summed E-state index contributed by atoms with van der Waals surface area (Å²) in [6.07, 6.45) is 2.28. The smallest absolute Gasteiger partial charge is 0.312 e. The minimum absolute atomic E-state index is 0.0764. The SMILES string of the molecule is CCOC(=O)C1(CCOc2ccccc2)CCN([C@H](C)Cn2nc(C)cc2C)CC1. The molecule has 1 aromatic carbocycles. The molecular weight excluding hydrogens is 378 g/mol. The molecule has 2 heterocycles. The molecule has 164 valence electrons. The number of piperidine rings is 1. The number of benzene rings is 1. The van der Waals surface area contributed by atoms with Gasteiger partial charge in [0.1, 0.15) is 5.75 Å². The molecular formula is C24H35N3O3. The average Bonchev–Trinajstić information content (AvgIpc) is 3.06. The Morgan fingerprint density at radius 3 is 2.50 bits per heavy atom. The summed E-state index contributed by atoms with van der Waals surface area (Å²) in [7, 11) is 0. The van der Waals surface area contributed by atoms with E-state index in [1.54, 1.807) is 0 Å². The van der Waals surface area contributed by atoms with Crippen LogP contribution < -0.4 is 4.74 Å². The predicted molar refractivity (Wildman–Crippen MR) is 118 cm³/mol. The second-order valence-corrected chi connectivity index (χ2v) is 8.41. The summed E-state index contributed by atoms with van der Waals surface area (Å²) >= 11 is 0. The third-order valence-corrected chi connectivity index (χ3v) is 6.22. The minimum atomic E-state index is -0.459. The van der Waals surface area contributed by atoms with Crippen molar-refractivity contribution in [1.82, 2.24) is 14.7 Å². The lowest BCUT2D eigenvalue weighted by Gasteiger charge is -2.42. The summed E-state index contributed by atoms with van der Waals surface area (Å²) in [6, 6.07) is 12.2. The molecule has 0 spiro atoms. The first kappa shape index (κ1) is 22.3. The molecule has 3 rings (SSSR count). The van der Waals surface area contributed by atoms with Gasteiger partial charge in [-0.25, -0.2) is 0 Å². The van der Waals surface area contributed by atoms with E-state index in [0.717, 1.165) is 43.9 Å². The predicted octanol–water partition coefficient (Wildman–Crippen LogP) is 4.00. The van der Waals surface area contributed by atoms with Gasteiger partial charge >= 0.3 is 5.97 Å². The molecule has 0 amide bonds. The monoisotopic (exact) mass is 413 g/mol. The minimum Gasteiger partial charge on any atom is -0.494 e. The molecule has 0 bridgehead atoms. The van der Waals surface area contributed by atoms with Crippen molar-refractivity contribution in [1.29, 1.82) is 0 Å². The second kappa shape index (κ2) is 10.1. The summed E-state index contributed by atoms with van der Waals surface area (Å²) in [5, 5.41) is 4.59. The Balaban J connectivity index is 1.59. The van der Waals surface area contributed by atoms with Gasteiger partial charge in [-0.05, 0) is 78.2 Å². The average molecular weight is 414 g/mol. The van der Waals surface area contributed by atoms with Gasteiger partial charge in [-0.2, -0.15) is 5.10 Å².